The molecular weight excluding hydrogens is 132 g/mol. The van der Waals surface area contributed by atoms with Crippen molar-refractivity contribution in [1.82, 2.24) is 0 Å². The van der Waals surface area contributed by atoms with Gasteiger partial charge in [-0.25, -0.2) is 0 Å². The normalized spacial score (nSPS) is 12.8. The molecule has 0 fully saturated rings. The fraction of sp³-hybridized carbons (Fsp3) is 0.636. The molecule has 0 aliphatic heterocycles. The molecule has 0 unspecified atom stereocenters. The van der Waals surface area contributed by atoms with Gasteiger partial charge < -0.3 is 0 Å². The molecule has 0 heteroatoms. The van der Waals surface area contributed by atoms with Crippen LogP contribution >= 0.6 is 0 Å². The third-order valence-corrected chi connectivity index (χ3v) is 1.75. The molecule has 0 aromatic carbocycles. The summed E-state index contributed by atoms with van der Waals surface area (Å²) >= 11 is 0. The summed E-state index contributed by atoms with van der Waals surface area (Å²) in [7, 11) is 0. The van der Waals surface area contributed by atoms with Crippen molar-refractivity contribution >= 4 is 0 Å². The number of allylic oxidation sites excluding steroid dienone is 4. The maximum Gasteiger partial charge on any atom is -0.0320 e. The van der Waals surface area contributed by atoms with Gasteiger partial charge in [-0.05, 0) is 26.7 Å². The quantitative estimate of drug-likeness (QED) is 0.411. The van der Waals surface area contributed by atoms with Crippen LogP contribution in [0.25, 0.3) is 0 Å². The summed E-state index contributed by atoms with van der Waals surface area (Å²) in [6, 6.07) is 0. The summed E-state index contributed by atoms with van der Waals surface area (Å²) in [6.45, 7) is 6.50. The van der Waals surface area contributed by atoms with Crippen LogP contribution in [0.15, 0.2) is 23.8 Å². The third-order valence-electron chi connectivity index (χ3n) is 1.75. The Balaban J connectivity index is 3.42. The monoisotopic (exact) mass is 152 g/mol. The van der Waals surface area contributed by atoms with Crippen molar-refractivity contribution in [1.29, 1.82) is 0 Å². The lowest BCUT2D eigenvalue weighted by Crippen LogP contribution is -1.77. The minimum absolute atomic E-state index is 1.26. The van der Waals surface area contributed by atoms with Crippen molar-refractivity contribution in [2.45, 2.75) is 46.5 Å². The van der Waals surface area contributed by atoms with Gasteiger partial charge in [-0.15, -0.1) is 0 Å². The average molecular weight is 152 g/mol. The molecule has 0 amide bonds. The van der Waals surface area contributed by atoms with Crippen LogP contribution in [-0.2, 0) is 0 Å². The Labute approximate surface area is 71.0 Å². The Morgan fingerprint density at radius 3 is 2.55 bits per heavy atom. The Bertz CT molecular complexity index is 129. The van der Waals surface area contributed by atoms with Gasteiger partial charge in [-0.1, -0.05) is 43.6 Å². The van der Waals surface area contributed by atoms with Crippen LogP contribution in [-0.4, -0.2) is 0 Å². The van der Waals surface area contributed by atoms with Crippen LogP contribution in [0.5, 0.6) is 0 Å². The van der Waals surface area contributed by atoms with E-state index in [-0.39, 0.29) is 0 Å². The predicted octanol–water partition coefficient (Wildman–Crippen LogP) is 4.09. The molecule has 0 rings (SSSR count). The first-order valence-corrected chi connectivity index (χ1v) is 4.59. The van der Waals surface area contributed by atoms with Crippen molar-refractivity contribution in [2.24, 2.45) is 0 Å². The fourth-order valence-corrected chi connectivity index (χ4v) is 0.998. The zero-order valence-electron chi connectivity index (χ0n) is 8.06. The second-order valence-electron chi connectivity index (χ2n) is 3.00. The zero-order chi connectivity index (χ0) is 8.53. The lowest BCUT2D eigenvalue weighted by Gasteiger charge is -1.97. The van der Waals surface area contributed by atoms with Crippen molar-refractivity contribution < 1.29 is 0 Å². The van der Waals surface area contributed by atoms with E-state index < -0.39 is 0 Å². The smallest absolute Gasteiger partial charge is 0.0320 e. The van der Waals surface area contributed by atoms with Crippen molar-refractivity contribution in [3.8, 4) is 0 Å². The lowest BCUT2D eigenvalue weighted by molar-refractivity contribution is 0.713. The summed E-state index contributed by atoms with van der Waals surface area (Å²) < 4.78 is 0. The van der Waals surface area contributed by atoms with Gasteiger partial charge >= 0.3 is 0 Å². The van der Waals surface area contributed by atoms with Gasteiger partial charge in [0.05, 0.1) is 0 Å². The molecule has 0 saturated heterocycles. The summed E-state index contributed by atoms with van der Waals surface area (Å²) in [6.07, 6.45) is 11.7. The van der Waals surface area contributed by atoms with E-state index in [9.17, 15) is 0 Å². The maximum absolute atomic E-state index is 2.24. The molecule has 0 aromatic heterocycles. The molecule has 0 bridgehead atoms. The number of hydrogen-bond acceptors (Lipinski definition) is 0. The highest BCUT2D eigenvalue weighted by Crippen LogP contribution is 2.07. The van der Waals surface area contributed by atoms with Crippen molar-refractivity contribution in [3.05, 3.63) is 23.8 Å². The average Bonchev–Trinajstić information content (AvgIpc) is 2.01. The topological polar surface area (TPSA) is 0 Å². The van der Waals surface area contributed by atoms with E-state index in [1.54, 1.807) is 0 Å². The fourth-order valence-electron chi connectivity index (χ4n) is 0.998. The Morgan fingerprint density at radius 1 is 1.27 bits per heavy atom. The van der Waals surface area contributed by atoms with Crippen LogP contribution in [0.3, 0.4) is 0 Å². The molecule has 0 aromatic rings. The summed E-state index contributed by atoms with van der Waals surface area (Å²) in [4.78, 5) is 0. The predicted molar refractivity (Wildman–Crippen MR) is 52.7 cm³/mol. The van der Waals surface area contributed by atoms with E-state index in [2.05, 4.69) is 39.0 Å². The van der Waals surface area contributed by atoms with Gasteiger partial charge in [0.15, 0.2) is 0 Å². The van der Waals surface area contributed by atoms with Gasteiger partial charge in [0.1, 0.15) is 0 Å². The van der Waals surface area contributed by atoms with Crippen molar-refractivity contribution in [3.63, 3.8) is 0 Å². The van der Waals surface area contributed by atoms with Crippen LogP contribution in [0.1, 0.15) is 46.5 Å². The molecule has 0 atom stereocenters. The van der Waals surface area contributed by atoms with Gasteiger partial charge in [-0.3, -0.25) is 0 Å². The van der Waals surface area contributed by atoms with E-state index in [1.165, 1.54) is 31.3 Å². The molecule has 0 heterocycles. The number of rotatable bonds is 5. The Morgan fingerprint density at radius 2 is 2.00 bits per heavy atom. The highest BCUT2D eigenvalue weighted by Gasteiger charge is 1.87. The van der Waals surface area contributed by atoms with Crippen LogP contribution < -0.4 is 0 Å². The van der Waals surface area contributed by atoms with Crippen LogP contribution in [0.2, 0.25) is 0 Å². The van der Waals surface area contributed by atoms with E-state index in [0.29, 0.717) is 0 Å². The first-order chi connectivity index (χ1) is 5.31. The third kappa shape index (κ3) is 7.38. The SMILES string of the molecule is C/C=C\C=C(/C)CCCCC. The van der Waals surface area contributed by atoms with Crippen LogP contribution in [0, 0.1) is 0 Å². The standard InChI is InChI=1S/C11H20/c1-4-6-8-10-11(3)9-7-5-2/h5,7,9H,4,6,8,10H2,1-3H3/b7-5-,11-9+. The van der Waals surface area contributed by atoms with Gasteiger partial charge in [0, 0.05) is 0 Å². The Kier molecular flexibility index (Phi) is 7.23. The van der Waals surface area contributed by atoms with E-state index in [1.807, 2.05) is 0 Å². The molecular formula is C11H20. The number of hydrogen-bond donors (Lipinski definition) is 0. The van der Waals surface area contributed by atoms with Gasteiger partial charge in [0.25, 0.3) is 0 Å². The molecule has 0 radical (unpaired) electrons. The highest BCUT2D eigenvalue weighted by atomic mass is 13.9. The molecule has 0 N–H and O–H groups in total. The van der Waals surface area contributed by atoms with Gasteiger partial charge in [0.2, 0.25) is 0 Å². The van der Waals surface area contributed by atoms with Crippen molar-refractivity contribution in [2.75, 3.05) is 0 Å². The first-order valence-electron chi connectivity index (χ1n) is 4.59. The minimum Gasteiger partial charge on any atom is -0.0877 e. The van der Waals surface area contributed by atoms with Gasteiger partial charge in [-0.2, -0.15) is 0 Å². The van der Waals surface area contributed by atoms with E-state index in [4.69, 9.17) is 0 Å². The second kappa shape index (κ2) is 7.59. The minimum atomic E-state index is 1.26. The summed E-state index contributed by atoms with van der Waals surface area (Å²) in [5.74, 6) is 0. The molecule has 0 nitrogen and oxygen atoms in total. The lowest BCUT2D eigenvalue weighted by atomic mass is 10.1. The second-order valence-corrected chi connectivity index (χ2v) is 3.00. The highest BCUT2D eigenvalue weighted by molar-refractivity contribution is 5.09. The van der Waals surface area contributed by atoms with Crippen LogP contribution in [0.4, 0.5) is 0 Å². The molecule has 11 heavy (non-hydrogen) atoms. The molecule has 64 valence electrons. The molecule has 0 spiro atoms. The molecule has 0 saturated carbocycles. The first kappa shape index (κ1) is 10.5. The largest absolute Gasteiger partial charge is 0.0877 e. The van der Waals surface area contributed by atoms with E-state index in [0.717, 1.165) is 0 Å². The summed E-state index contributed by atoms with van der Waals surface area (Å²) in [5.41, 5.74) is 1.50. The summed E-state index contributed by atoms with van der Waals surface area (Å²) in [5, 5.41) is 0. The zero-order valence-corrected chi connectivity index (χ0v) is 8.06. The van der Waals surface area contributed by atoms with E-state index >= 15 is 0 Å². The molecule has 0 aliphatic carbocycles. The maximum atomic E-state index is 2.24. The number of unbranched alkanes of at least 4 members (excludes halogenated alkanes) is 2. The Hall–Kier alpha value is -0.520. The molecule has 0 aliphatic rings.